The van der Waals surface area contributed by atoms with Crippen LogP contribution in [0.2, 0.25) is 0 Å². The molecule has 0 unspecified atom stereocenters. The van der Waals surface area contributed by atoms with Crippen LogP contribution in [0.15, 0.2) is 104 Å². The van der Waals surface area contributed by atoms with E-state index in [9.17, 15) is 65.9 Å². The Morgan fingerprint density at radius 1 is 0.530 bits per heavy atom. The first-order valence-corrected chi connectivity index (χ1v) is 25.8. The fourth-order valence-corrected chi connectivity index (χ4v) is 10.2. The molecule has 1 N–H and O–H groups in total. The minimum Gasteiger partial charge on any atom is -0.380 e. The summed E-state index contributed by atoms with van der Waals surface area (Å²) in [6.07, 6.45) is -9.25. The van der Waals surface area contributed by atoms with Gasteiger partial charge in [0, 0.05) is 136 Å². The first-order valence-electron chi connectivity index (χ1n) is 25.8. The number of hydrogen-bond donors (Lipinski definition) is 1. The smallest absolute Gasteiger partial charge is 0.380 e. The topological polar surface area (TPSA) is 118 Å². The number of anilines is 3. The molecule has 0 radical (unpaired) electrons. The maximum Gasteiger partial charge on any atom is 0.416 e. The summed E-state index contributed by atoms with van der Waals surface area (Å²) in [4.78, 5) is 22.8. The van der Waals surface area contributed by atoms with E-state index in [2.05, 4.69) is 35.5 Å². The largest absolute Gasteiger partial charge is 0.416 e. The third-order valence-corrected chi connectivity index (χ3v) is 14.3. The maximum absolute atomic E-state index is 13.7. The molecule has 28 heteroatoms. The summed E-state index contributed by atoms with van der Waals surface area (Å²) in [7, 11) is 4.84. The predicted octanol–water partition coefficient (Wildman–Crippen LogP) is 13.2. The highest BCUT2D eigenvalue weighted by Crippen LogP contribution is 2.42. The number of methoxy groups -OCH3 is 1. The molecule has 446 valence electrons. The molecule has 83 heavy (non-hydrogen) atoms. The van der Waals surface area contributed by atoms with Gasteiger partial charge < -0.3 is 24.8 Å². The second-order valence-corrected chi connectivity index (χ2v) is 20.2. The molecule has 4 atom stereocenters. The van der Waals surface area contributed by atoms with Gasteiger partial charge in [0.1, 0.15) is 0 Å². The number of hydrogen-bond acceptors (Lipinski definition) is 11. The third kappa shape index (κ3) is 15.0. The normalized spacial score (nSPS) is 17.9. The van der Waals surface area contributed by atoms with Gasteiger partial charge in [0.2, 0.25) is 11.9 Å². The van der Waals surface area contributed by atoms with E-state index in [1.807, 2.05) is 18.7 Å². The highest BCUT2D eigenvalue weighted by atomic mass is 19.4. The zero-order chi connectivity index (χ0) is 60.4. The van der Waals surface area contributed by atoms with Gasteiger partial charge in [0.05, 0.1) is 52.9 Å². The lowest BCUT2D eigenvalue weighted by Crippen LogP contribution is -2.39. The fourth-order valence-electron chi connectivity index (χ4n) is 10.2. The molecule has 6 heterocycles. The second-order valence-electron chi connectivity index (χ2n) is 20.2. The van der Waals surface area contributed by atoms with Gasteiger partial charge in [-0.3, -0.25) is 9.36 Å². The lowest BCUT2D eigenvalue weighted by atomic mass is 10.0. The van der Waals surface area contributed by atoms with Crippen molar-refractivity contribution in [1.82, 2.24) is 44.8 Å². The average Bonchev–Trinajstić information content (AvgIpc) is 4.37. The van der Waals surface area contributed by atoms with Crippen LogP contribution in [0.1, 0.15) is 84.0 Å². The zero-order valence-electron chi connectivity index (χ0n) is 45.0. The highest BCUT2D eigenvalue weighted by molar-refractivity contribution is 5.62. The number of halogens is 15. The second kappa shape index (κ2) is 24.4. The van der Waals surface area contributed by atoms with E-state index >= 15 is 0 Å². The van der Waals surface area contributed by atoms with E-state index in [4.69, 9.17) is 4.74 Å². The van der Waals surface area contributed by atoms with Gasteiger partial charge in [-0.1, -0.05) is 13.8 Å². The molecule has 0 spiro atoms. The molecule has 2 aliphatic heterocycles. The molecule has 0 bridgehead atoms. The Morgan fingerprint density at radius 3 is 1.33 bits per heavy atom. The molecule has 3 aromatic carbocycles. The van der Waals surface area contributed by atoms with Crippen LogP contribution >= 0.6 is 0 Å². The maximum atomic E-state index is 13.7. The molecule has 2 aliphatic rings. The van der Waals surface area contributed by atoms with Crippen molar-refractivity contribution in [3.8, 4) is 22.3 Å². The van der Waals surface area contributed by atoms with Crippen LogP contribution in [0.3, 0.4) is 0 Å². The zero-order valence-corrected chi connectivity index (χ0v) is 45.0. The Morgan fingerprint density at radius 2 is 0.964 bits per heavy atom. The molecule has 0 amide bonds. The van der Waals surface area contributed by atoms with Crippen LogP contribution < -0.4 is 20.0 Å². The summed E-state index contributed by atoms with van der Waals surface area (Å²) in [6.45, 7) is 3.83. The average molecular weight is 1190 g/mol. The third-order valence-electron chi connectivity index (χ3n) is 14.3. The van der Waals surface area contributed by atoms with Crippen molar-refractivity contribution in [3.63, 3.8) is 0 Å². The molecule has 7 aromatic rings. The minimum absolute atomic E-state index is 0.0554. The van der Waals surface area contributed by atoms with Crippen LogP contribution in [-0.2, 0) is 69.4 Å². The van der Waals surface area contributed by atoms with Crippen molar-refractivity contribution in [2.75, 3.05) is 34.9 Å². The van der Waals surface area contributed by atoms with E-state index in [-0.39, 0.29) is 78.5 Å². The standard InChI is InChI=1S/C32H31F9N6O.C23H24F6N6/c1-4-26-11-27(17-46(26)28-6-5-23(30(33,34)35)9-20(28)18-48-3)47(29-42-12-21(13-43-29)22-14-44-45(2)16-22)15-19-7-24(31(36,37)38)10-25(8-19)32(39,40)41;1-3-19-7-20(11-30-19)35(21-31-8-15(9-32-21)16-10-33-34(2)13-16)12-14-4-17(22(24,25)26)6-18(5-14)23(27,28)29/h5-10,12-14,16,26-27H,4,11,15,17-18H2,1-3H3;4-6,8-10,13,19-20,30H,3,7,11-12H2,1-2H3/t26-,27+;19-,20+/m11/s1. The van der Waals surface area contributed by atoms with Crippen LogP contribution in [0.25, 0.3) is 22.3 Å². The van der Waals surface area contributed by atoms with Gasteiger partial charge in [-0.2, -0.15) is 76.1 Å². The van der Waals surface area contributed by atoms with E-state index in [0.717, 1.165) is 36.2 Å². The van der Waals surface area contributed by atoms with E-state index in [0.29, 0.717) is 60.3 Å². The van der Waals surface area contributed by atoms with E-state index in [1.165, 1.54) is 25.6 Å². The first-order chi connectivity index (χ1) is 38.9. The van der Waals surface area contributed by atoms with Gasteiger partial charge in [0.25, 0.3) is 0 Å². The van der Waals surface area contributed by atoms with Crippen molar-refractivity contribution < 1.29 is 70.6 Å². The number of ether oxygens (including phenoxy) is 1. The summed E-state index contributed by atoms with van der Waals surface area (Å²) in [5, 5.41) is 11.5. The Hall–Kier alpha value is -7.49. The lowest BCUT2D eigenvalue weighted by Gasteiger charge is -2.31. The van der Waals surface area contributed by atoms with Gasteiger partial charge >= 0.3 is 30.9 Å². The SMILES string of the molecule is CC[C@@H]1C[C@H](N(Cc2cc(C(F)(F)F)cc(C(F)(F)F)c2)c2ncc(-c3cnn(C)c3)cn2)CN1.CC[C@@H]1C[C@H](N(Cc2cc(C(F)(F)F)cc(C(F)(F)F)c2)c2ncc(-c3cnn(C)c3)cn2)CN1c1ccc(C(F)(F)F)cc1COC. The summed E-state index contributed by atoms with van der Waals surface area (Å²) >= 11 is 0. The summed E-state index contributed by atoms with van der Waals surface area (Å²) in [5.74, 6) is 0.284. The Bertz CT molecular complexity index is 3240. The van der Waals surface area contributed by atoms with Gasteiger partial charge in [-0.15, -0.1) is 0 Å². The van der Waals surface area contributed by atoms with Gasteiger partial charge in [-0.05, 0) is 91.4 Å². The summed E-state index contributed by atoms with van der Waals surface area (Å²) < 4.78 is 212. The number of aryl methyl sites for hydroxylation is 2. The summed E-state index contributed by atoms with van der Waals surface area (Å²) in [5.41, 5.74) is -3.32. The quantitative estimate of drug-likeness (QED) is 0.0989. The number of nitrogens with one attached hydrogen (secondary N) is 1. The van der Waals surface area contributed by atoms with Crippen LogP contribution in [-0.4, -0.2) is 83.9 Å². The fraction of sp³-hybridized carbons (Fsp3) is 0.418. The number of nitrogens with zero attached hydrogens (tertiary/aromatic N) is 11. The molecule has 2 saturated heterocycles. The Labute approximate surface area is 466 Å². The number of aromatic nitrogens is 8. The van der Waals surface area contributed by atoms with Crippen molar-refractivity contribution in [2.24, 2.45) is 14.1 Å². The molecule has 9 rings (SSSR count). The van der Waals surface area contributed by atoms with Gasteiger partial charge in [-0.25, -0.2) is 19.9 Å². The van der Waals surface area contributed by atoms with Crippen molar-refractivity contribution in [2.45, 2.75) is 114 Å². The van der Waals surface area contributed by atoms with Crippen LogP contribution in [0.5, 0.6) is 0 Å². The highest BCUT2D eigenvalue weighted by Gasteiger charge is 2.42. The molecular weight excluding hydrogens is 1130 g/mol. The molecule has 4 aromatic heterocycles. The molecule has 13 nitrogen and oxygen atoms in total. The van der Waals surface area contributed by atoms with Crippen LogP contribution in [0.4, 0.5) is 83.4 Å². The van der Waals surface area contributed by atoms with Gasteiger partial charge in [0.15, 0.2) is 0 Å². The molecule has 0 aliphatic carbocycles. The Kier molecular flexibility index (Phi) is 18.1. The number of alkyl halides is 15. The lowest BCUT2D eigenvalue weighted by molar-refractivity contribution is -0.144. The predicted molar refractivity (Wildman–Crippen MR) is 276 cm³/mol. The van der Waals surface area contributed by atoms with E-state index in [1.54, 1.807) is 70.4 Å². The molecule has 2 fully saturated rings. The van der Waals surface area contributed by atoms with Crippen molar-refractivity contribution in [1.29, 1.82) is 0 Å². The van der Waals surface area contributed by atoms with Crippen LogP contribution in [0, 0.1) is 0 Å². The first kappa shape index (κ1) is 61.6. The summed E-state index contributed by atoms with van der Waals surface area (Å²) in [6, 6.07) is 5.57. The number of benzene rings is 3. The van der Waals surface area contributed by atoms with E-state index < -0.39 is 71.3 Å². The minimum atomic E-state index is -5.04. The monoisotopic (exact) mass is 1180 g/mol. The van der Waals surface area contributed by atoms with Crippen molar-refractivity contribution >= 4 is 17.6 Å². The number of rotatable bonds is 15. The molecular formula is C55H55F15N12O. The molecule has 0 saturated carbocycles. The Balaban J connectivity index is 0.000000228. The van der Waals surface area contributed by atoms with Crippen molar-refractivity contribution in [3.05, 3.63) is 149 Å².